The third-order valence-electron chi connectivity index (χ3n) is 2.68. The lowest BCUT2D eigenvalue weighted by molar-refractivity contribution is -0.137. The molecule has 0 saturated carbocycles. The van der Waals surface area contributed by atoms with E-state index in [0.717, 1.165) is 12.1 Å². The molecule has 104 valence electrons. The van der Waals surface area contributed by atoms with Crippen molar-refractivity contribution in [2.24, 2.45) is 0 Å². The molecule has 0 fully saturated rings. The molecule has 0 bridgehead atoms. The zero-order valence-corrected chi connectivity index (χ0v) is 10.7. The molecule has 0 aliphatic carbocycles. The SMILES string of the molecule is Cc1cc(-c2ccc(F)c(F)c2)nc(CCC(=O)O)n1. The number of aliphatic carboxylic acids is 1. The molecular formula is C14H12F2N2O2. The van der Waals surface area contributed by atoms with Crippen molar-refractivity contribution in [1.29, 1.82) is 0 Å². The van der Waals surface area contributed by atoms with Crippen molar-refractivity contribution in [3.05, 3.63) is 47.4 Å². The third kappa shape index (κ3) is 3.34. The average Bonchev–Trinajstić information content (AvgIpc) is 2.39. The Bertz CT molecular complexity index is 660. The van der Waals surface area contributed by atoms with E-state index in [0.29, 0.717) is 22.8 Å². The minimum absolute atomic E-state index is 0.0827. The number of carboxylic acid groups (broad SMARTS) is 1. The van der Waals surface area contributed by atoms with Gasteiger partial charge in [-0.1, -0.05) is 0 Å². The van der Waals surface area contributed by atoms with E-state index in [1.807, 2.05) is 0 Å². The summed E-state index contributed by atoms with van der Waals surface area (Å²) in [6.45, 7) is 1.73. The number of halogens is 2. The minimum Gasteiger partial charge on any atom is -0.481 e. The summed E-state index contributed by atoms with van der Waals surface area (Å²) in [7, 11) is 0. The van der Waals surface area contributed by atoms with E-state index in [1.165, 1.54) is 6.07 Å². The molecule has 20 heavy (non-hydrogen) atoms. The molecule has 1 heterocycles. The molecule has 0 aliphatic rings. The second-order valence-corrected chi connectivity index (χ2v) is 4.33. The lowest BCUT2D eigenvalue weighted by Crippen LogP contribution is -2.03. The first-order chi connectivity index (χ1) is 9.45. The molecule has 4 nitrogen and oxygen atoms in total. The van der Waals surface area contributed by atoms with Gasteiger partial charge in [-0.3, -0.25) is 4.79 Å². The van der Waals surface area contributed by atoms with Crippen molar-refractivity contribution < 1.29 is 18.7 Å². The van der Waals surface area contributed by atoms with Crippen LogP contribution in [0.1, 0.15) is 17.9 Å². The predicted molar refractivity (Wildman–Crippen MR) is 68.1 cm³/mol. The lowest BCUT2D eigenvalue weighted by Gasteiger charge is -2.06. The van der Waals surface area contributed by atoms with Gasteiger partial charge in [0.1, 0.15) is 5.82 Å². The van der Waals surface area contributed by atoms with E-state index < -0.39 is 17.6 Å². The summed E-state index contributed by atoms with van der Waals surface area (Å²) in [4.78, 5) is 18.9. The van der Waals surface area contributed by atoms with Crippen LogP contribution in [-0.2, 0) is 11.2 Å². The second kappa shape index (κ2) is 5.73. The first-order valence-electron chi connectivity index (χ1n) is 5.97. The van der Waals surface area contributed by atoms with Crippen LogP contribution in [0.5, 0.6) is 0 Å². The smallest absolute Gasteiger partial charge is 0.303 e. The molecule has 0 amide bonds. The van der Waals surface area contributed by atoms with Crippen LogP contribution in [0, 0.1) is 18.6 Å². The predicted octanol–water partition coefficient (Wildman–Crippen LogP) is 2.75. The molecule has 2 rings (SSSR count). The zero-order chi connectivity index (χ0) is 14.7. The topological polar surface area (TPSA) is 63.1 Å². The molecule has 0 aliphatic heterocycles. The first kappa shape index (κ1) is 14.0. The fourth-order valence-electron chi connectivity index (χ4n) is 1.76. The molecule has 0 atom stereocenters. The van der Waals surface area contributed by atoms with Crippen LogP contribution in [0.25, 0.3) is 11.3 Å². The van der Waals surface area contributed by atoms with E-state index in [1.54, 1.807) is 13.0 Å². The molecule has 6 heteroatoms. The summed E-state index contributed by atoms with van der Waals surface area (Å²) < 4.78 is 26.1. The Balaban J connectivity index is 2.35. The number of benzene rings is 1. The van der Waals surface area contributed by atoms with Gasteiger partial charge in [0.15, 0.2) is 11.6 Å². The van der Waals surface area contributed by atoms with Crippen LogP contribution >= 0.6 is 0 Å². The Morgan fingerprint density at radius 1 is 1.20 bits per heavy atom. The third-order valence-corrected chi connectivity index (χ3v) is 2.68. The molecule has 0 spiro atoms. The van der Waals surface area contributed by atoms with Gasteiger partial charge in [-0.15, -0.1) is 0 Å². The number of rotatable bonds is 4. The Kier molecular flexibility index (Phi) is 4.02. The maximum absolute atomic E-state index is 13.2. The van der Waals surface area contributed by atoms with Crippen molar-refractivity contribution in [2.45, 2.75) is 19.8 Å². The number of aromatic nitrogens is 2. The van der Waals surface area contributed by atoms with Gasteiger partial charge in [-0.25, -0.2) is 18.7 Å². The Morgan fingerprint density at radius 2 is 1.95 bits per heavy atom. The summed E-state index contributed by atoms with van der Waals surface area (Å²) in [5.74, 6) is -2.45. The summed E-state index contributed by atoms with van der Waals surface area (Å²) in [6.07, 6.45) is 0.106. The van der Waals surface area contributed by atoms with E-state index in [-0.39, 0.29) is 12.8 Å². The van der Waals surface area contributed by atoms with Crippen LogP contribution < -0.4 is 0 Å². The van der Waals surface area contributed by atoms with Crippen molar-refractivity contribution in [3.63, 3.8) is 0 Å². The highest BCUT2D eigenvalue weighted by Gasteiger charge is 2.09. The van der Waals surface area contributed by atoms with Gasteiger partial charge >= 0.3 is 5.97 Å². The minimum atomic E-state index is -0.953. The van der Waals surface area contributed by atoms with Crippen LogP contribution in [0.3, 0.4) is 0 Å². The van der Waals surface area contributed by atoms with Crippen molar-refractivity contribution in [3.8, 4) is 11.3 Å². The molecule has 1 aromatic carbocycles. The van der Waals surface area contributed by atoms with Gasteiger partial charge < -0.3 is 5.11 Å². The highest BCUT2D eigenvalue weighted by atomic mass is 19.2. The Hall–Kier alpha value is -2.37. The standard InChI is InChI=1S/C14H12F2N2O2/c1-8-6-12(9-2-3-10(15)11(16)7-9)18-13(17-8)4-5-14(19)20/h2-3,6-7H,4-5H2,1H3,(H,19,20). The first-order valence-corrected chi connectivity index (χ1v) is 5.97. The van der Waals surface area contributed by atoms with E-state index in [2.05, 4.69) is 9.97 Å². The highest BCUT2D eigenvalue weighted by Crippen LogP contribution is 2.20. The maximum Gasteiger partial charge on any atom is 0.303 e. The molecule has 0 radical (unpaired) electrons. The molecule has 0 saturated heterocycles. The Labute approximate surface area is 114 Å². The van der Waals surface area contributed by atoms with Crippen LogP contribution in [-0.4, -0.2) is 21.0 Å². The number of nitrogens with zero attached hydrogens (tertiary/aromatic N) is 2. The monoisotopic (exact) mass is 278 g/mol. The normalized spacial score (nSPS) is 10.6. The highest BCUT2D eigenvalue weighted by molar-refractivity contribution is 5.67. The number of carbonyl (C=O) groups is 1. The lowest BCUT2D eigenvalue weighted by atomic mass is 10.1. The zero-order valence-electron chi connectivity index (χ0n) is 10.7. The Morgan fingerprint density at radius 3 is 2.60 bits per heavy atom. The summed E-state index contributed by atoms with van der Waals surface area (Å²) >= 11 is 0. The number of hydrogen-bond donors (Lipinski definition) is 1. The fourth-order valence-corrected chi connectivity index (χ4v) is 1.76. The van der Waals surface area contributed by atoms with Gasteiger partial charge in [0.05, 0.1) is 12.1 Å². The molecule has 1 aromatic heterocycles. The second-order valence-electron chi connectivity index (χ2n) is 4.33. The van der Waals surface area contributed by atoms with Gasteiger partial charge in [0.25, 0.3) is 0 Å². The molecule has 2 aromatic rings. The number of carboxylic acids is 1. The van der Waals surface area contributed by atoms with Gasteiger partial charge in [0, 0.05) is 17.7 Å². The number of aryl methyl sites for hydroxylation is 2. The quantitative estimate of drug-likeness (QED) is 0.934. The summed E-state index contributed by atoms with van der Waals surface area (Å²) in [6, 6.07) is 5.13. The van der Waals surface area contributed by atoms with E-state index in [4.69, 9.17) is 5.11 Å². The van der Waals surface area contributed by atoms with Gasteiger partial charge in [0.2, 0.25) is 0 Å². The van der Waals surface area contributed by atoms with Crippen molar-refractivity contribution in [2.75, 3.05) is 0 Å². The van der Waals surface area contributed by atoms with Crippen LogP contribution in [0.4, 0.5) is 8.78 Å². The van der Waals surface area contributed by atoms with Crippen molar-refractivity contribution in [1.82, 2.24) is 9.97 Å². The van der Waals surface area contributed by atoms with Crippen LogP contribution in [0.2, 0.25) is 0 Å². The molecule has 1 N–H and O–H groups in total. The van der Waals surface area contributed by atoms with Crippen LogP contribution in [0.15, 0.2) is 24.3 Å². The van der Waals surface area contributed by atoms with E-state index >= 15 is 0 Å². The largest absolute Gasteiger partial charge is 0.481 e. The summed E-state index contributed by atoms with van der Waals surface area (Å²) in [5.41, 5.74) is 1.50. The fraction of sp³-hybridized carbons (Fsp3) is 0.214. The average molecular weight is 278 g/mol. The van der Waals surface area contributed by atoms with Crippen molar-refractivity contribution >= 4 is 5.97 Å². The van der Waals surface area contributed by atoms with Gasteiger partial charge in [-0.2, -0.15) is 0 Å². The number of hydrogen-bond acceptors (Lipinski definition) is 3. The van der Waals surface area contributed by atoms with Gasteiger partial charge in [-0.05, 0) is 31.2 Å². The van der Waals surface area contributed by atoms with E-state index in [9.17, 15) is 13.6 Å². The molecule has 0 unspecified atom stereocenters. The maximum atomic E-state index is 13.2. The summed E-state index contributed by atoms with van der Waals surface area (Å²) in [5, 5.41) is 8.65. The molecular weight excluding hydrogens is 266 g/mol.